The zero-order valence-electron chi connectivity index (χ0n) is 23.3. The van der Waals surface area contributed by atoms with Crippen LogP contribution in [0, 0.1) is 28.8 Å². The van der Waals surface area contributed by atoms with E-state index < -0.39 is 41.0 Å². The molecule has 0 saturated carbocycles. The summed E-state index contributed by atoms with van der Waals surface area (Å²) in [5, 5.41) is 3.06. The number of carbonyl (C=O) groups is 1. The zero-order valence-corrected chi connectivity index (χ0v) is 24.1. The summed E-state index contributed by atoms with van der Waals surface area (Å²) in [5.41, 5.74) is 0.244. The van der Waals surface area contributed by atoms with Gasteiger partial charge in [-0.1, -0.05) is 32.9 Å². The number of aromatic nitrogens is 2. The fourth-order valence-electron chi connectivity index (χ4n) is 5.24. The van der Waals surface area contributed by atoms with Crippen molar-refractivity contribution in [3.63, 3.8) is 0 Å². The van der Waals surface area contributed by atoms with E-state index in [0.29, 0.717) is 23.7 Å². The molecule has 0 bridgehead atoms. The first-order chi connectivity index (χ1) is 19.0. The highest BCUT2D eigenvalue weighted by molar-refractivity contribution is 7.98. The summed E-state index contributed by atoms with van der Waals surface area (Å²) in [6.07, 6.45) is 2.70. The summed E-state index contributed by atoms with van der Waals surface area (Å²) in [6.45, 7) is 6.95. The van der Waals surface area contributed by atoms with Crippen molar-refractivity contribution in [3.8, 4) is 11.3 Å². The topological polar surface area (TPSA) is 50.2 Å². The molecule has 1 aliphatic rings. The number of amides is 1. The molecule has 3 aromatic rings. The van der Waals surface area contributed by atoms with Crippen LogP contribution in [0.25, 0.3) is 11.3 Å². The third kappa shape index (κ3) is 7.07. The molecule has 1 aromatic heterocycles. The average molecular weight is 577 g/mol. The molecule has 1 amide bonds. The van der Waals surface area contributed by atoms with Gasteiger partial charge in [-0.15, -0.1) is 0 Å². The van der Waals surface area contributed by atoms with Crippen molar-refractivity contribution in [2.24, 2.45) is 11.3 Å². The van der Waals surface area contributed by atoms with Gasteiger partial charge < -0.3 is 14.8 Å². The fraction of sp³-hybridized carbons (Fsp3) is 0.467. The first kappa shape index (κ1) is 30.1. The molecule has 40 heavy (non-hydrogen) atoms. The van der Waals surface area contributed by atoms with Gasteiger partial charge in [-0.2, -0.15) is 11.8 Å². The summed E-state index contributed by atoms with van der Waals surface area (Å²) in [4.78, 5) is 20.2. The van der Waals surface area contributed by atoms with Crippen LogP contribution in [0.5, 0.6) is 0 Å². The molecule has 216 valence electrons. The molecule has 0 spiro atoms. The van der Waals surface area contributed by atoms with Crippen molar-refractivity contribution in [3.05, 3.63) is 77.5 Å². The first-order valence-corrected chi connectivity index (χ1v) is 14.8. The third-order valence-electron chi connectivity index (χ3n) is 7.16. The molecular weight excluding hydrogens is 540 g/mol. The predicted octanol–water partition coefficient (Wildman–Crippen LogP) is 6.24. The Labute approximate surface area is 237 Å². The van der Waals surface area contributed by atoms with E-state index >= 15 is 0 Å². The van der Waals surface area contributed by atoms with Gasteiger partial charge in [-0.25, -0.2) is 22.5 Å². The smallest absolute Gasteiger partial charge is 0.224 e. The van der Waals surface area contributed by atoms with Crippen LogP contribution < -0.4 is 5.32 Å². The van der Waals surface area contributed by atoms with Crippen LogP contribution >= 0.6 is 11.8 Å². The van der Waals surface area contributed by atoms with E-state index in [1.165, 1.54) is 12.1 Å². The maximum atomic E-state index is 14.9. The number of rotatable bonds is 10. The molecule has 0 aliphatic carbocycles. The Morgan fingerprint density at radius 2 is 1.90 bits per heavy atom. The van der Waals surface area contributed by atoms with Crippen molar-refractivity contribution in [2.45, 2.75) is 46.0 Å². The highest BCUT2D eigenvalue weighted by atomic mass is 32.2. The predicted molar refractivity (Wildman–Crippen MR) is 151 cm³/mol. The van der Waals surface area contributed by atoms with Crippen molar-refractivity contribution in [1.82, 2.24) is 19.8 Å². The van der Waals surface area contributed by atoms with Crippen molar-refractivity contribution < 1.29 is 22.4 Å². The second kappa shape index (κ2) is 12.8. The van der Waals surface area contributed by atoms with E-state index in [1.807, 2.05) is 27.0 Å². The van der Waals surface area contributed by atoms with Crippen molar-refractivity contribution in [2.75, 3.05) is 31.6 Å². The van der Waals surface area contributed by atoms with Gasteiger partial charge in [0.25, 0.3) is 0 Å². The summed E-state index contributed by atoms with van der Waals surface area (Å²) >= 11 is 1.55. The van der Waals surface area contributed by atoms with Crippen LogP contribution in [0.3, 0.4) is 0 Å². The molecule has 3 atom stereocenters. The van der Waals surface area contributed by atoms with Gasteiger partial charge in [0.2, 0.25) is 5.91 Å². The number of halogens is 4. The summed E-state index contributed by atoms with van der Waals surface area (Å²) in [7, 11) is 0. The number of thioether (sulfide) groups is 1. The Morgan fingerprint density at radius 1 is 1.15 bits per heavy atom. The highest BCUT2D eigenvalue weighted by Crippen LogP contribution is 2.40. The molecule has 1 aliphatic heterocycles. The number of carbonyl (C=O) groups excluding carboxylic acids is 1. The minimum Gasteiger partial charge on any atom is -0.332 e. The largest absolute Gasteiger partial charge is 0.332 e. The monoisotopic (exact) mass is 576 g/mol. The molecule has 1 N–H and O–H groups in total. The molecule has 2 aromatic carbocycles. The summed E-state index contributed by atoms with van der Waals surface area (Å²) in [5.74, 6) is -1.13. The number of benzene rings is 2. The Morgan fingerprint density at radius 3 is 2.55 bits per heavy atom. The van der Waals surface area contributed by atoms with E-state index in [0.717, 1.165) is 18.2 Å². The zero-order chi connectivity index (χ0) is 29.0. The Kier molecular flexibility index (Phi) is 9.61. The van der Waals surface area contributed by atoms with Gasteiger partial charge in [0.15, 0.2) is 0 Å². The van der Waals surface area contributed by atoms with Crippen LogP contribution in [0.4, 0.5) is 17.6 Å². The number of imidazole rings is 1. The molecule has 1 fully saturated rings. The molecule has 1 saturated heterocycles. The average Bonchev–Trinajstić information content (AvgIpc) is 3.48. The van der Waals surface area contributed by atoms with Crippen LogP contribution in [0.2, 0.25) is 0 Å². The number of alkyl halides is 1. The standard InChI is InChI=1S/C30H36F4N4OS/c1-30(2,3)28(38(27(39)10-11-40-4)17-20-14-35-15-25(20)34)29-36-26(23-13-22(32)8-9-24(23)33)18-37(29)16-19-6-5-7-21(31)12-19/h5-9,12-13,18,20,25,28,35H,10-11,14-17H2,1-4H3/t20-,25-,28-/m0/s1. The molecular formula is C30H36F4N4OS. The SMILES string of the molecule is CSCCC(=O)N(C[C@@H]1CNC[C@@H]1F)[C@@H](c1nc(-c2cc(F)ccc2F)cn1Cc1cccc(F)c1)C(C)(C)C. The number of nitrogens with one attached hydrogen (secondary N) is 1. The Hall–Kier alpha value is -2.85. The van der Waals surface area contributed by atoms with E-state index in [-0.39, 0.29) is 43.2 Å². The molecule has 5 nitrogen and oxygen atoms in total. The normalized spacial score (nSPS) is 18.2. The highest BCUT2D eigenvalue weighted by Gasteiger charge is 2.41. The van der Waals surface area contributed by atoms with E-state index in [2.05, 4.69) is 5.32 Å². The van der Waals surface area contributed by atoms with Crippen LogP contribution in [0.15, 0.2) is 48.7 Å². The molecule has 10 heteroatoms. The van der Waals surface area contributed by atoms with Gasteiger partial charge >= 0.3 is 0 Å². The lowest BCUT2D eigenvalue weighted by Crippen LogP contribution is -2.46. The molecule has 4 rings (SSSR count). The van der Waals surface area contributed by atoms with Gasteiger partial charge in [0, 0.05) is 56.0 Å². The van der Waals surface area contributed by atoms with Crippen LogP contribution in [-0.2, 0) is 11.3 Å². The maximum Gasteiger partial charge on any atom is 0.224 e. The minimum atomic E-state index is -1.10. The fourth-order valence-corrected chi connectivity index (χ4v) is 5.62. The first-order valence-electron chi connectivity index (χ1n) is 13.4. The lowest BCUT2D eigenvalue weighted by molar-refractivity contribution is -0.137. The summed E-state index contributed by atoms with van der Waals surface area (Å²) < 4.78 is 59.7. The Balaban J connectivity index is 1.87. The number of hydrogen-bond donors (Lipinski definition) is 1. The van der Waals surface area contributed by atoms with Gasteiger partial charge in [-0.05, 0) is 47.6 Å². The van der Waals surface area contributed by atoms with Gasteiger partial charge in [0.1, 0.15) is 29.4 Å². The molecule has 0 unspecified atom stereocenters. The lowest BCUT2D eigenvalue weighted by Gasteiger charge is -2.41. The maximum absolute atomic E-state index is 14.9. The lowest BCUT2D eigenvalue weighted by atomic mass is 9.84. The van der Waals surface area contributed by atoms with Crippen LogP contribution in [0.1, 0.15) is 44.6 Å². The molecule has 0 radical (unpaired) electrons. The second-order valence-corrected chi connectivity index (χ2v) is 12.3. The quantitative estimate of drug-likeness (QED) is 0.290. The van der Waals surface area contributed by atoms with E-state index in [4.69, 9.17) is 4.98 Å². The minimum absolute atomic E-state index is 0.0176. The van der Waals surface area contributed by atoms with E-state index in [9.17, 15) is 22.4 Å². The third-order valence-corrected chi connectivity index (χ3v) is 7.77. The van der Waals surface area contributed by atoms with Crippen molar-refractivity contribution in [1.29, 1.82) is 0 Å². The Bertz CT molecular complexity index is 1330. The second-order valence-electron chi connectivity index (χ2n) is 11.4. The number of hydrogen-bond acceptors (Lipinski definition) is 4. The van der Waals surface area contributed by atoms with E-state index in [1.54, 1.807) is 39.6 Å². The van der Waals surface area contributed by atoms with Crippen molar-refractivity contribution >= 4 is 17.7 Å². The van der Waals surface area contributed by atoms with Crippen LogP contribution in [-0.4, -0.2) is 58.2 Å². The van der Waals surface area contributed by atoms with Gasteiger partial charge in [-0.3, -0.25) is 4.79 Å². The molecule has 2 heterocycles. The summed E-state index contributed by atoms with van der Waals surface area (Å²) in [6, 6.07) is 8.65. The van der Waals surface area contributed by atoms with Gasteiger partial charge in [0.05, 0.1) is 11.7 Å². The number of nitrogens with zero attached hydrogens (tertiary/aromatic N) is 3.